The summed E-state index contributed by atoms with van der Waals surface area (Å²) in [6, 6.07) is 8.04. The van der Waals surface area contributed by atoms with Crippen LogP contribution >= 0.6 is 0 Å². The molecule has 0 spiro atoms. The van der Waals surface area contributed by atoms with Gasteiger partial charge in [-0.1, -0.05) is 12.1 Å². The van der Waals surface area contributed by atoms with E-state index in [2.05, 4.69) is 15.3 Å². The van der Waals surface area contributed by atoms with Gasteiger partial charge in [-0.15, -0.1) is 0 Å². The van der Waals surface area contributed by atoms with Crippen LogP contribution in [0.3, 0.4) is 0 Å². The van der Waals surface area contributed by atoms with E-state index in [9.17, 15) is 4.39 Å². The Kier molecular flexibility index (Phi) is 2.74. The van der Waals surface area contributed by atoms with Crippen molar-refractivity contribution in [2.75, 3.05) is 5.32 Å². The van der Waals surface area contributed by atoms with Gasteiger partial charge in [0.05, 0.1) is 5.69 Å². The first kappa shape index (κ1) is 10.1. The maximum atomic E-state index is 13.3. The van der Waals surface area contributed by atoms with Crippen LogP contribution in [0.15, 0.2) is 36.7 Å². The van der Waals surface area contributed by atoms with E-state index in [1.54, 1.807) is 18.2 Å². The smallest absolute Gasteiger partial charge is 0.183 e. The molecule has 1 aromatic carbocycles. The molecule has 16 heavy (non-hydrogen) atoms. The van der Waals surface area contributed by atoms with Crippen LogP contribution < -0.4 is 5.32 Å². The van der Waals surface area contributed by atoms with Gasteiger partial charge in [0, 0.05) is 12.4 Å². The molecule has 0 saturated carbocycles. The van der Waals surface area contributed by atoms with Crippen molar-refractivity contribution in [2.45, 2.75) is 0 Å². The Bertz CT molecular complexity index is 548. The maximum absolute atomic E-state index is 13.3. The molecule has 0 amide bonds. The summed E-state index contributed by atoms with van der Waals surface area (Å²) in [7, 11) is 0. The third-order valence-electron chi connectivity index (χ3n) is 1.93. The van der Waals surface area contributed by atoms with Gasteiger partial charge in [-0.25, -0.2) is 14.4 Å². The van der Waals surface area contributed by atoms with Crippen molar-refractivity contribution >= 4 is 11.5 Å². The molecule has 0 fully saturated rings. The van der Waals surface area contributed by atoms with E-state index in [1.807, 2.05) is 6.07 Å². The lowest BCUT2D eigenvalue weighted by molar-refractivity contribution is 0.632. The van der Waals surface area contributed by atoms with Crippen molar-refractivity contribution in [2.24, 2.45) is 0 Å². The van der Waals surface area contributed by atoms with Gasteiger partial charge in [0.2, 0.25) is 0 Å². The highest BCUT2D eigenvalue weighted by molar-refractivity contribution is 5.60. The van der Waals surface area contributed by atoms with E-state index in [0.717, 1.165) is 0 Å². The molecular formula is C11H7FN4. The quantitative estimate of drug-likeness (QED) is 0.832. The zero-order valence-corrected chi connectivity index (χ0v) is 8.18. The minimum atomic E-state index is -0.406. The maximum Gasteiger partial charge on any atom is 0.183 e. The predicted octanol–water partition coefficient (Wildman–Crippen LogP) is 2.23. The highest BCUT2D eigenvalue weighted by Gasteiger charge is 2.06. The normalized spacial score (nSPS) is 9.50. The molecule has 1 heterocycles. The summed E-state index contributed by atoms with van der Waals surface area (Å²) in [6.45, 7) is 0. The number of benzene rings is 1. The van der Waals surface area contributed by atoms with Crippen molar-refractivity contribution in [3.63, 3.8) is 0 Å². The summed E-state index contributed by atoms with van der Waals surface area (Å²) in [4.78, 5) is 7.74. The molecule has 0 saturated heterocycles. The fraction of sp³-hybridized carbons (Fsp3) is 0. The molecular weight excluding hydrogens is 207 g/mol. The lowest BCUT2D eigenvalue weighted by Crippen LogP contribution is -2.00. The van der Waals surface area contributed by atoms with Crippen LogP contribution in [0.1, 0.15) is 5.69 Å². The molecule has 0 radical (unpaired) electrons. The first-order chi connectivity index (χ1) is 7.81. The Labute approximate surface area is 91.4 Å². The molecule has 0 atom stereocenters. The lowest BCUT2D eigenvalue weighted by atomic mass is 10.3. The minimum Gasteiger partial charge on any atom is -0.335 e. The molecule has 0 aliphatic rings. The first-order valence-corrected chi connectivity index (χ1v) is 4.54. The molecule has 0 aliphatic carbocycles. The summed E-state index contributed by atoms with van der Waals surface area (Å²) in [6.07, 6.45) is 2.84. The molecule has 1 N–H and O–H groups in total. The van der Waals surface area contributed by atoms with Crippen molar-refractivity contribution in [1.82, 2.24) is 9.97 Å². The topological polar surface area (TPSA) is 61.6 Å². The summed E-state index contributed by atoms with van der Waals surface area (Å²) >= 11 is 0. The minimum absolute atomic E-state index is 0.130. The molecule has 2 rings (SSSR count). The number of para-hydroxylation sites is 1. The largest absolute Gasteiger partial charge is 0.335 e. The number of anilines is 2. The molecule has 0 unspecified atom stereocenters. The fourth-order valence-corrected chi connectivity index (χ4v) is 1.20. The Morgan fingerprint density at radius 2 is 1.94 bits per heavy atom. The van der Waals surface area contributed by atoms with Gasteiger partial charge in [-0.05, 0) is 12.1 Å². The Hall–Kier alpha value is -2.48. The van der Waals surface area contributed by atoms with E-state index in [4.69, 9.17) is 5.26 Å². The van der Waals surface area contributed by atoms with Gasteiger partial charge in [0.1, 0.15) is 11.9 Å². The number of hydrogen-bond acceptors (Lipinski definition) is 4. The van der Waals surface area contributed by atoms with Crippen LogP contribution in [-0.2, 0) is 0 Å². The molecule has 5 heteroatoms. The van der Waals surface area contributed by atoms with Gasteiger partial charge in [-0.2, -0.15) is 5.26 Å². The SMILES string of the molecule is N#Cc1nccnc1Nc1ccccc1F. The van der Waals surface area contributed by atoms with Crippen molar-refractivity contribution in [1.29, 1.82) is 5.26 Å². The molecule has 0 aliphatic heterocycles. The van der Waals surface area contributed by atoms with E-state index < -0.39 is 5.82 Å². The first-order valence-electron chi connectivity index (χ1n) is 4.54. The van der Waals surface area contributed by atoms with Crippen LogP contribution in [0.5, 0.6) is 0 Å². The van der Waals surface area contributed by atoms with Gasteiger partial charge in [-0.3, -0.25) is 0 Å². The number of halogens is 1. The van der Waals surface area contributed by atoms with Crippen molar-refractivity contribution < 1.29 is 4.39 Å². The molecule has 0 bridgehead atoms. The third-order valence-corrected chi connectivity index (χ3v) is 1.93. The number of hydrogen-bond donors (Lipinski definition) is 1. The molecule has 78 valence electrons. The van der Waals surface area contributed by atoms with E-state index >= 15 is 0 Å². The average molecular weight is 214 g/mol. The van der Waals surface area contributed by atoms with Gasteiger partial charge in [0.15, 0.2) is 11.5 Å². The average Bonchev–Trinajstić information content (AvgIpc) is 2.33. The number of nitriles is 1. The number of nitrogens with one attached hydrogen (secondary N) is 1. The molecule has 4 nitrogen and oxygen atoms in total. The van der Waals surface area contributed by atoms with Crippen LogP contribution in [0.25, 0.3) is 0 Å². The molecule has 2 aromatic rings. The van der Waals surface area contributed by atoms with Crippen LogP contribution in [0.2, 0.25) is 0 Å². The zero-order chi connectivity index (χ0) is 11.4. The summed E-state index contributed by atoms with van der Waals surface area (Å²) < 4.78 is 13.3. The summed E-state index contributed by atoms with van der Waals surface area (Å²) in [5.41, 5.74) is 0.394. The standard InChI is InChI=1S/C11H7FN4/c12-8-3-1-2-4-9(8)16-11-10(7-13)14-5-6-15-11/h1-6H,(H,15,16). The van der Waals surface area contributed by atoms with E-state index in [1.165, 1.54) is 18.5 Å². The number of nitrogens with zero attached hydrogens (tertiary/aromatic N) is 3. The van der Waals surface area contributed by atoms with Crippen LogP contribution in [-0.4, -0.2) is 9.97 Å². The van der Waals surface area contributed by atoms with Gasteiger partial charge >= 0.3 is 0 Å². The number of aromatic nitrogens is 2. The Morgan fingerprint density at radius 3 is 2.69 bits per heavy atom. The second kappa shape index (κ2) is 4.36. The van der Waals surface area contributed by atoms with E-state index in [0.29, 0.717) is 0 Å². The second-order valence-electron chi connectivity index (χ2n) is 2.97. The fourth-order valence-electron chi connectivity index (χ4n) is 1.20. The number of rotatable bonds is 2. The van der Waals surface area contributed by atoms with Gasteiger partial charge in [0.25, 0.3) is 0 Å². The van der Waals surface area contributed by atoms with E-state index in [-0.39, 0.29) is 17.2 Å². The second-order valence-corrected chi connectivity index (χ2v) is 2.97. The highest BCUT2D eigenvalue weighted by Crippen LogP contribution is 2.18. The van der Waals surface area contributed by atoms with Crippen molar-refractivity contribution in [3.8, 4) is 6.07 Å². The van der Waals surface area contributed by atoms with Gasteiger partial charge < -0.3 is 5.32 Å². The lowest BCUT2D eigenvalue weighted by Gasteiger charge is -2.06. The van der Waals surface area contributed by atoms with Crippen LogP contribution in [0.4, 0.5) is 15.9 Å². The third kappa shape index (κ3) is 1.96. The Balaban J connectivity index is 2.35. The molecule has 1 aromatic heterocycles. The van der Waals surface area contributed by atoms with Crippen molar-refractivity contribution in [3.05, 3.63) is 48.2 Å². The zero-order valence-electron chi connectivity index (χ0n) is 8.18. The predicted molar refractivity (Wildman–Crippen MR) is 56.4 cm³/mol. The summed E-state index contributed by atoms with van der Waals surface area (Å²) in [5.74, 6) is -0.160. The highest BCUT2D eigenvalue weighted by atomic mass is 19.1. The summed E-state index contributed by atoms with van der Waals surface area (Å²) in [5, 5.41) is 11.5. The Morgan fingerprint density at radius 1 is 1.19 bits per heavy atom. The van der Waals surface area contributed by atoms with Crippen LogP contribution in [0, 0.1) is 17.1 Å². The monoisotopic (exact) mass is 214 g/mol.